The first kappa shape index (κ1) is 26.4. The maximum absolute atomic E-state index is 13.1. The van der Waals surface area contributed by atoms with Crippen molar-refractivity contribution >= 4 is 41.1 Å². The van der Waals surface area contributed by atoms with E-state index in [1.54, 1.807) is 78.9 Å². The highest BCUT2D eigenvalue weighted by Crippen LogP contribution is 2.15. The lowest BCUT2D eigenvalue weighted by atomic mass is 10.1. The fraction of sp³-hybridized carbons (Fsp3) is 0.0645. The van der Waals surface area contributed by atoms with Gasteiger partial charge < -0.3 is 16.0 Å². The van der Waals surface area contributed by atoms with Gasteiger partial charge in [-0.15, -0.1) is 0 Å². The van der Waals surface area contributed by atoms with Crippen LogP contribution in [0.4, 0.5) is 5.69 Å². The molecule has 0 aliphatic carbocycles. The molecule has 0 aliphatic heterocycles. The van der Waals surface area contributed by atoms with E-state index in [4.69, 9.17) is 11.6 Å². The van der Waals surface area contributed by atoms with Gasteiger partial charge in [-0.3, -0.25) is 14.4 Å². The van der Waals surface area contributed by atoms with Crippen molar-refractivity contribution in [2.45, 2.75) is 13.0 Å². The third-order valence-corrected chi connectivity index (χ3v) is 5.87. The van der Waals surface area contributed by atoms with Gasteiger partial charge >= 0.3 is 0 Å². The lowest BCUT2D eigenvalue weighted by Crippen LogP contribution is -2.30. The Bertz CT molecular complexity index is 1420. The minimum Gasteiger partial charge on any atom is -0.352 e. The molecule has 0 radical (unpaired) electrons. The van der Waals surface area contributed by atoms with Crippen LogP contribution in [0.25, 0.3) is 6.08 Å². The molecule has 0 aromatic heterocycles. The van der Waals surface area contributed by atoms with Crippen LogP contribution in [-0.4, -0.2) is 17.7 Å². The summed E-state index contributed by atoms with van der Waals surface area (Å²) < 4.78 is 0. The van der Waals surface area contributed by atoms with Crippen molar-refractivity contribution in [3.63, 3.8) is 0 Å². The largest absolute Gasteiger partial charge is 0.352 e. The predicted octanol–water partition coefficient (Wildman–Crippen LogP) is 5.61. The molecular weight excluding hydrogens is 498 g/mol. The quantitative estimate of drug-likeness (QED) is 0.249. The van der Waals surface area contributed by atoms with Gasteiger partial charge in [0.2, 0.25) is 5.91 Å². The number of carbonyl (C=O) groups excluding carboxylic acids is 3. The van der Waals surface area contributed by atoms with Gasteiger partial charge in [0, 0.05) is 22.8 Å². The molecule has 0 atom stereocenters. The van der Waals surface area contributed by atoms with Gasteiger partial charge in [0.05, 0.1) is 6.42 Å². The highest BCUT2D eigenvalue weighted by Gasteiger charge is 2.15. The Morgan fingerprint density at radius 3 is 2.00 bits per heavy atom. The second kappa shape index (κ2) is 13.0. The van der Waals surface area contributed by atoms with Crippen molar-refractivity contribution in [2.75, 3.05) is 5.32 Å². The number of hydrogen-bond acceptors (Lipinski definition) is 3. The van der Waals surface area contributed by atoms with E-state index in [-0.39, 0.29) is 18.0 Å². The molecule has 0 bridgehead atoms. The van der Waals surface area contributed by atoms with Gasteiger partial charge in [-0.1, -0.05) is 84.4 Å². The standard InChI is InChI=1S/C31H26ClN3O3/c32-26-15-11-22(12-16-26)19-28(35-30(37)25-9-5-2-6-10-25)31(38)34-27-17-13-23(14-18-27)20-29(36)33-21-24-7-3-1-4-8-24/h1-19H,20-21H2,(H,33,36)(H,34,38)(H,35,37)/b28-19+. The first-order valence-electron chi connectivity index (χ1n) is 12.0. The van der Waals surface area contributed by atoms with Crippen LogP contribution in [-0.2, 0) is 22.6 Å². The number of anilines is 1. The van der Waals surface area contributed by atoms with Crippen molar-refractivity contribution in [3.05, 3.63) is 142 Å². The number of rotatable bonds is 9. The number of benzene rings is 4. The third kappa shape index (κ3) is 7.91. The van der Waals surface area contributed by atoms with E-state index in [2.05, 4.69) is 16.0 Å². The molecule has 0 fully saturated rings. The molecule has 0 spiro atoms. The average Bonchev–Trinajstić information content (AvgIpc) is 2.94. The average molecular weight is 524 g/mol. The molecule has 0 aliphatic rings. The zero-order valence-electron chi connectivity index (χ0n) is 20.5. The van der Waals surface area contributed by atoms with Gasteiger partial charge in [0.25, 0.3) is 11.8 Å². The van der Waals surface area contributed by atoms with E-state index in [0.717, 1.165) is 11.1 Å². The van der Waals surface area contributed by atoms with E-state index in [1.165, 1.54) is 0 Å². The normalized spacial score (nSPS) is 10.9. The Balaban J connectivity index is 1.41. The van der Waals surface area contributed by atoms with Crippen LogP contribution in [0.1, 0.15) is 27.0 Å². The molecule has 0 heterocycles. The lowest BCUT2D eigenvalue weighted by molar-refractivity contribution is -0.120. The number of halogens is 1. The highest BCUT2D eigenvalue weighted by atomic mass is 35.5. The van der Waals surface area contributed by atoms with Gasteiger partial charge in [-0.25, -0.2) is 0 Å². The number of nitrogens with one attached hydrogen (secondary N) is 3. The minimum absolute atomic E-state index is 0.0746. The Morgan fingerprint density at radius 2 is 1.34 bits per heavy atom. The summed E-state index contributed by atoms with van der Waals surface area (Å²) in [5.41, 5.74) is 3.57. The Hall–Kier alpha value is -4.68. The smallest absolute Gasteiger partial charge is 0.272 e. The number of hydrogen-bond donors (Lipinski definition) is 3. The van der Waals surface area contributed by atoms with Crippen LogP contribution in [0, 0.1) is 0 Å². The Labute approximate surface area is 226 Å². The Morgan fingerprint density at radius 1 is 0.711 bits per heavy atom. The molecule has 4 rings (SSSR count). The molecule has 0 unspecified atom stereocenters. The summed E-state index contributed by atoms with van der Waals surface area (Å²) in [6, 6.07) is 32.3. The second-order valence-corrected chi connectivity index (χ2v) is 8.96. The van der Waals surface area contributed by atoms with Crippen LogP contribution in [0.2, 0.25) is 5.02 Å². The van der Waals surface area contributed by atoms with Crippen LogP contribution < -0.4 is 16.0 Å². The van der Waals surface area contributed by atoms with E-state index in [1.807, 2.05) is 36.4 Å². The van der Waals surface area contributed by atoms with Crippen molar-refractivity contribution in [2.24, 2.45) is 0 Å². The zero-order valence-corrected chi connectivity index (χ0v) is 21.2. The van der Waals surface area contributed by atoms with Crippen LogP contribution >= 0.6 is 11.6 Å². The summed E-state index contributed by atoms with van der Waals surface area (Å²) >= 11 is 5.98. The first-order valence-corrected chi connectivity index (χ1v) is 12.4. The maximum atomic E-state index is 13.1. The SMILES string of the molecule is O=C(Cc1ccc(NC(=O)/C(=C\c2ccc(Cl)cc2)NC(=O)c2ccccc2)cc1)NCc1ccccc1. The molecule has 7 heteroatoms. The second-order valence-electron chi connectivity index (χ2n) is 8.52. The summed E-state index contributed by atoms with van der Waals surface area (Å²) in [6.07, 6.45) is 1.80. The Kier molecular flexibility index (Phi) is 9.05. The van der Waals surface area contributed by atoms with Crippen molar-refractivity contribution in [1.29, 1.82) is 0 Å². The molecule has 4 aromatic rings. The molecule has 4 aromatic carbocycles. The van der Waals surface area contributed by atoms with Crippen LogP contribution in [0.3, 0.4) is 0 Å². The summed E-state index contributed by atoms with van der Waals surface area (Å²) in [5, 5.41) is 8.98. The molecule has 3 N–H and O–H groups in total. The highest BCUT2D eigenvalue weighted by molar-refractivity contribution is 6.30. The van der Waals surface area contributed by atoms with Gasteiger partial charge in [-0.2, -0.15) is 0 Å². The molecule has 0 saturated carbocycles. The fourth-order valence-corrected chi connectivity index (χ4v) is 3.74. The molecule has 6 nitrogen and oxygen atoms in total. The van der Waals surface area contributed by atoms with E-state index in [9.17, 15) is 14.4 Å². The third-order valence-electron chi connectivity index (χ3n) is 5.62. The molecule has 190 valence electrons. The van der Waals surface area contributed by atoms with Crippen molar-refractivity contribution in [3.8, 4) is 0 Å². The summed E-state index contributed by atoms with van der Waals surface area (Å²) in [7, 11) is 0. The van der Waals surface area contributed by atoms with Crippen molar-refractivity contribution in [1.82, 2.24) is 10.6 Å². The minimum atomic E-state index is -0.488. The van der Waals surface area contributed by atoms with E-state index >= 15 is 0 Å². The summed E-state index contributed by atoms with van der Waals surface area (Å²) in [6.45, 7) is 0.464. The van der Waals surface area contributed by atoms with Crippen molar-refractivity contribution < 1.29 is 14.4 Å². The molecule has 38 heavy (non-hydrogen) atoms. The van der Waals surface area contributed by atoms with Crippen LogP contribution in [0.15, 0.2) is 115 Å². The molecule has 0 saturated heterocycles. The van der Waals surface area contributed by atoms with Crippen LogP contribution in [0.5, 0.6) is 0 Å². The van der Waals surface area contributed by atoms with E-state index in [0.29, 0.717) is 28.4 Å². The monoisotopic (exact) mass is 523 g/mol. The maximum Gasteiger partial charge on any atom is 0.272 e. The van der Waals surface area contributed by atoms with Gasteiger partial charge in [0.1, 0.15) is 5.70 Å². The van der Waals surface area contributed by atoms with E-state index < -0.39 is 11.8 Å². The summed E-state index contributed by atoms with van der Waals surface area (Å²) in [5.74, 6) is -0.988. The topological polar surface area (TPSA) is 87.3 Å². The first-order chi connectivity index (χ1) is 18.5. The molecular formula is C31H26ClN3O3. The summed E-state index contributed by atoms with van der Waals surface area (Å²) in [4.78, 5) is 38.2. The predicted molar refractivity (Wildman–Crippen MR) is 150 cm³/mol. The number of carbonyl (C=O) groups is 3. The fourth-order valence-electron chi connectivity index (χ4n) is 3.62. The lowest BCUT2D eigenvalue weighted by Gasteiger charge is -2.12. The zero-order chi connectivity index (χ0) is 26.7. The van der Waals surface area contributed by atoms with Gasteiger partial charge in [0.15, 0.2) is 0 Å². The molecule has 3 amide bonds. The van der Waals surface area contributed by atoms with Gasteiger partial charge in [-0.05, 0) is 59.2 Å². The number of amides is 3.